The third kappa shape index (κ3) is 12.2. The first-order chi connectivity index (χ1) is 19.6. The molecule has 0 saturated carbocycles. The van der Waals surface area contributed by atoms with Crippen LogP contribution in [0.25, 0.3) is 0 Å². The molecule has 0 bridgehead atoms. The molecule has 2 aliphatic rings. The first kappa shape index (κ1) is 36.0. The van der Waals surface area contributed by atoms with Crippen molar-refractivity contribution in [2.75, 3.05) is 0 Å². The number of allylic oxidation sites excluding steroid dienone is 14. The van der Waals surface area contributed by atoms with Gasteiger partial charge in [0.25, 0.3) is 0 Å². The summed E-state index contributed by atoms with van der Waals surface area (Å²) >= 11 is 0. The summed E-state index contributed by atoms with van der Waals surface area (Å²) in [5, 5.41) is 20.2. The van der Waals surface area contributed by atoms with Crippen LogP contribution < -0.4 is 0 Å². The average Bonchev–Trinajstić information content (AvgIpc) is 2.84. The predicted molar refractivity (Wildman–Crippen MR) is 184 cm³/mol. The Morgan fingerprint density at radius 2 is 1.33 bits per heavy atom. The van der Waals surface area contributed by atoms with Gasteiger partial charge in [-0.1, -0.05) is 146 Å². The second-order valence-electron chi connectivity index (χ2n) is 14.8. The van der Waals surface area contributed by atoms with Crippen molar-refractivity contribution in [2.45, 2.75) is 114 Å². The zero-order valence-corrected chi connectivity index (χ0v) is 28.5. The highest BCUT2D eigenvalue weighted by Gasteiger charge is 2.34. The molecule has 0 spiro atoms. The molecule has 0 aromatic rings. The number of hydrogen-bond donors (Lipinski definition) is 2. The van der Waals surface area contributed by atoms with Crippen LogP contribution in [0.1, 0.15) is 101 Å². The first-order valence-electron chi connectivity index (χ1n) is 16.4. The van der Waals surface area contributed by atoms with Gasteiger partial charge in [-0.15, -0.1) is 0 Å². The molecule has 234 valence electrons. The van der Waals surface area contributed by atoms with Crippen LogP contribution in [-0.2, 0) is 0 Å². The molecule has 2 heteroatoms. The van der Waals surface area contributed by atoms with Gasteiger partial charge >= 0.3 is 0 Å². The van der Waals surface area contributed by atoms with E-state index in [4.69, 9.17) is 0 Å². The van der Waals surface area contributed by atoms with Gasteiger partial charge in [0, 0.05) is 5.92 Å². The van der Waals surface area contributed by atoms with Crippen molar-refractivity contribution in [1.29, 1.82) is 0 Å². The smallest absolute Gasteiger partial charge is 0.0729 e. The lowest BCUT2D eigenvalue weighted by Crippen LogP contribution is -2.32. The maximum absolute atomic E-state index is 10.1. The highest BCUT2D eigenvalue weighted by Crippen LogP contribution is 2.42. The van der Waals surface area contributed by atoms with Crippen molar-refractivity contribution < 1.29 is 10.2 Å². The van der Waals surface area contributed by atoms with Crippen LogP contribution in [0.5, 0.6) is 0 Å². The molecule has 0 aromatic heterocycles. The van der Waals surface area contributed by atoms with Gasteiger partial charge in [0.2, 0.25) is 0 Å². The van der Waals surface area contributed by atoms with Gasteiger partial charge in [0.05, 0.1) is 12.2 Å². The molecule has 0 aromatic carbocycles. The van der Waals surface area contributed by atoms with Gasteiger partial charge in [0.1, 0.15) is 0 Å². The Balaban J connectivity index is 1.74. The van der Waals surface area contributed by atoms with Crippen LogP contribution in [-0.4, -0.2) is 22.4 Å². The van der Waals surface area contributed by atoms with Crippen LogP contribution in [0.15, 0.2) is 95.7 Å². The zero-order chi connectivity index (χ0) is 31.5. The summed E-state index contributed by atoms with van der Waals surface area (Å²) in [6, 6.07) is 0. The highest BCUT2D eigenvalue weighted by atomic mass is 16.3. The van der Waals surface area contributed by atoms with Gasteiger partial charge < -0.3 is 10.2 Å². The van der Waals surface area contributed by atoms with Gasteiger partial charge in [-0.2, -0.15) is 0 Å². The van der Waals surface area contributed by atoms with Crippen LogP contribution >= 0.6 is 0 Å². The normalized spacial score (nSPS) is 28.1. The number of aliphatic hydroxyl groups excluding tert-OH is 2. The number of aliphatic hydroxyl groups is 2. The Labute approximate surface area is 259 Å². The SMILES string of the molecule is CC1=C[C@H](O)CC(C)(C)[C@H]1/C=C/C(C)/C=C/CC(C)/C=C/C=C/C(C)C/C=C/C(C)/C=C/C1=C(C)C[C@H](O)CC1(C)C. The lowest BCUT2D eigenvalue weighted by molar-refractivity contribution is 0.116. The topological polar surface area (TPSA) is 40.5 Å². The maximum Gasteiger partial charge on any atom is 0.0729 e. The Bertz CT molecular complexity index is 1090. The van der Waals surface area contributed by atoms with Crippen LogP contribution in [0, 0.1) is 40.4 Å². The molecular formula is C40H62O2. The molecule has 2 aliphatic carbocycles. The minimum atomic E-state index is -0.312. The first-order valence-corrected chi connectivity index (χ1v) is 16.4. The summed E-state index contributed by atoms with van der Waals surface area (Å²) in [6.07, 6.45) is 33.5. The number of rotatable bonds is 13. The Hall–Kier alpha value is -2.16. The average molecular weight is 575 g/mol. The van der Waals surface area contributed by atoms with Crippen molar-refractivity contribution in [1.82, 2.24) is 0 Å². The highest BCUT2D eigenvalue weighted by molar-refractivity contribution is 5.34. The molecule has 7 atom stereocenters. The van der Waals surface area contributed by atoms with E-state index < -0.39 is 0 Å². The molecule has 0 heterocycles. The predicted octanol–water partition coefficient (Wildman–Crippen LogP) is 10.5. The van der Waals surface area contributed by atoms with E-state index in [2.05, 4.69) is 142 Å². The third-order valence-electron chi connectivity index (χ3n) is 9.06. The summed E-state index contributed by atoms with van der Waals surface area (Å²) in [6.45, 7) is 22.3. The largest absolute Gasteiger partial charge is 0.393 e. The van der Waals surface area contributed by atoms with Crippen molar-refractivity contribution in [3.05, 3.63) is 95.7 Å². The van der Waals surface area contributed by atoms with Gasteiger partial charge in [-0.25, -0.2) is 0 Å². The van der Waals surface area contributed by atoms with E-state index >= 15 is 0 Å². The summed E-state index contributed by atoms with van der Waals surface area (Å²) in [5.74, 6) is 2.19. The summed E-state index contributed by atoms with van der Waals surface area (Å²) in [5.41, 5.74) is 4.11. The summed E-state index contributed by atoms with van der Waals surface area (Å²) in [7, 11) is 0. The third-order valence-corrected chi connectivity index (χ3v) is 9.06. The van der Waals surface area contributed by atoms with E-state index in [1.54, 1.807) is 0 Å². The lowest BCUT2D eigenvalue weighted by Gasteiger charge is -2.38. The van der Waals surface area contributed by atoms with Crippen molar-refractivity contribution in [3.63, 3.8) is 0 Å². The molecule has 4 unspecified atom stereocenters. The molecule has 0 amide bonds. The second-order valence-corrected chi connectivity index (χ2v) is 14.8. The van der Waals surface area contributed by atoms with Crippen LogP contribution in [0.4, 0.5) is 0 Å². The summed E-state index contributed by atoms with van der Waals surface area (Å²) in [4.78, 5) is 0. The molecule has 2 nitrogen and oxygen atoms in total. The fourth-order valence-electron chi connectivity index (χ4n) is 6.68. The molecule has 0 aliphatic heterocycles. The lowest BCUT2D eigenvalue weighted by atomic mass is 9.67. The Morgan fingerprint density at radius 3 is 1.86 bits per heavy atom. The van der Waals surface area contributed by atoms with Crippen molar-refractivity contribution in [3.8, 4) is 0 Å². The molecule has 0 saturated heterocycles. The van der Waals surface area contributed by atoms with Gasteiger partial charge in [-0.05, 0) is 86.0 Å². The molecule has 0 radical (unpaired) electrons. The van der Waals surface area contributed by atoms with E-state index in [9.17, 15) is 10.2 Å². The standard InChI is InChI=1S/C40H62O2/c1-29(17-13-19-31(3)21-23-37-33(5)25-35(41)27-39(37,7)8)15-11-12-16-30(2)18-14-20-32(4)22-24-38-34(6)26-36(42)28-40(38,9)10/h11-16,19-25,29-32,35-37,41-42H,17-18,26-28H2,1-10H3/b15-11+,16-12+,19-13+,20-14+,23-21+,24-22+/t29?,30?,31?,32?,35-,36-,37-/m0/s1. The zero-order valence-electron chi connectivity index (χ0n) is 28.5. The molecule has 42 heavy (non-hydrogen) atoms. The maximum atomic E-state index is 10.1. The second kappa shape index (κ2) is 16.6. The molecule has 0 fully saturated rings. The van der Waals surface area contributed by atoms with E-state index in [0.29, 0.717) is 29.6 Å². The molecular weight excluding hydrogens is 512 g/mol. The van der Waals surface area contributed by atoms with Crippen LogP contribution in [0.3, 0.4) is 0 Å². The van der Waals surface area contributed by atoms with Gasteiger partial charge in [0.15, 0.2) is 0 Å². The Kier molecular flexibility index (Phi) is 14.3. The van der Waals surface area contributed by atoms with E-state index in [-0.39, 0.29) is 23.0 Å². The summed E-state index contributed by atoms with van der Waals surface area (Å²) < 4.78 is 0. The van der Waals surface area contributed by atoms with Crippen molar-refractivity contribution >= 4 is 0 Å². The van der Waals surface area contributed by atoms with Crippen molar-refractivity contribution in [2.24, 2.45) is 40.4 Å². The molecule has 2 N–H and O–H groups in total. The van der Waals surface area contributed by atoms with E-state index in [1.807, 2.05) is 6.08 Å². The minimum Gasteiger partial charge on any atom is -0.393 e. The van der Waals surface area contributed by atoms with E-state index in [0.717, 1.165) is 32.1 Å². The minimum absolute atomic E-state index is 0.0355. The van der Waals surface area contributed by atoms with Gasteiger partial charge in [-0.3, -0.25) is 0 Å². The molecule has 2 rings (SSSR count). The van der Waals surface area contributed by atoms with Crippen LogP contribution in [0.2, 0.25) is 0 Å². The monoisotopic (exact) mass is 574 g/mol. The quantitative estimate of drug-likeness (QED) is 0.170. The van der Waals surface area contributed by atoms with E-state index in [1.165, 1.54) is 16.7 Å². The number of hydrogen-bond acceptors (Lipinski definition) is 2. The Morgan fingerprint density at radius 1 is 0.786 bits per heavy atom. The fourth-order valence-corrected chi connectivity index (χ4v) is 6.68. The fraction of sp³-hybridized carbons (Fsp3) is 0.600.